The average molecular weight is 180 g/mol. The highest BCUT2D eigenvalue weighted by Gasteiger charge is 2.17. The molecule has 11 heavy (non-hydrogen) atoms. The molecule has 66 valence electrons. The van der Waals surface area contributed by atoms with Crippen molar-refractivity contribution in [2.75, 3.05) is 19.6 Å². The van der Waals surface area contributed by atoms with Gasteiger partial charge in [0.05, 0.1) is 6.04 Å². The SMILES string of the molecule is CCNC(=O)NC1CNC1.Cl. The van der Waals surface area contributed by atoms with E-state index in [2.05, 4.69) is 16.0 Å². The smallest absolute Gasteiger partial charge is 0.315 e. The fourth-order valence-corrected chi connectivity index (χ4v) is 0.788. The number of hydrogen-bond acceptors (Lipinski definition) is 2. The molecule has 2 amide bonds. The molecule has 0 aromatic carbocycles. The number of carbonyl (C=O) groups is 1. The predicted molar refractivity (Wildman–Crippen MR) is 46.1 cm³/mol. The Labute approximate surface area is 72.5 Å². The molecular weight excluding hydrogens is 166 g/mol. The van der Waals surface area contributed by atoms with Crippen molar-refractivity contribution in [3.05, 3.63) is 0 Å². The quantitative estimate of drug-likeness (QED) is 0.545. The normalized spacial score (nSPS) is 16.1. The summed E-state index contributed by atoms with van der Waals surface area (Å²) in [6.07, 6.45) is 0. The van der Waals surface area contributed by atoms with Crippen LogP contribution in [0.3, 0.4) is 0 Å². The van der Waals surface area contributed by atoms with Crippen molar-refractivity contribution in [1.29, 1.82) is 0 Å². The van der Waals surface area contributed by atoms with Crippen LogP contribution in [0.4, 0.5) is 4.79 Å². The molecule has 1 aliphatic rings. The summed E-state index contributed by atoms with van der Waals surface area (Å²) in [5, 5.41) is 8.54. The second-order valence-corrected chi connectivity index (χ2v) is 2.36. The maximum Gasteiger partial charge on any atom is 0.315 e. The highest BCUT2D eigenvalue weighted by molar-refractivity contribution is 5.85. The van der Waals surface area contributed by atoms with E-state index < -0.39 is 0 Å². The zero-order valence-electron chi connectivity index (χ0n) is 6.52. The van der Waals surface area contributed by atoms with E-state index in [1.165, 1.54) is 0 Å². The molecule has 0 aromatic rings. The summed E-state index contributed by atoms with van der Waals surface area (Å²) < 4.78 is 0. The molecule has 0 unspecified atom stereocenters. The van der Waals surface area contributed by atoms with E-state index in [-0.39, 0.29) is 18.4 Å². The first kappa shape index (κ1) is 10.5. The molecule has 0 spiro atoms. The summed E-state index contributed by atoms with van der Waals surface area (Å²) >= 11 is 0. The topological polar surface area (TPSA) is 53.2 Å². The summed E-state index contributed by atoms with van der Waals surface area (Å²) in [5.41, 5.74) is 0. The van der Waals surface area contributed by atoms with Gasteiger partial charge in [0.1, 0.15) is 0 Å². The monoisotopic (exact) mass is 179 g/mol. The molecule has 4 nitrogen and oxygen atoms in total. The van der Waals surface area contributed by atoms with Crippen LogP contribution in [0.15, 0.2) is 0 Å². The highest BCUT2D eigenvalue weighted by Crippen LogP contribution is 1.88. The van der Waals surface area contributed by atoms with Gasteiger partial charge >= 0.3 is 6.03 Å². The summed E-state index contributed by atoms with van der Waals surface area (Å²) in [6, 6.07) is 0.278. The molecule has 0 bridgehead atoms. The number of halogens is 1. The Morgan fingerprint density at radius 1 is 1.64 bits per heavy atom. The summed E-state index contributed by atoms with van der Waals surface area (Å²) in [4.78, 5) is 10.8. The minimum Gasteiger partial charge on any atom is -0.338 e. The Kier molecular flexibility index (Phi) is 4.98. The Balaban J connectivity index is 0.000001000. The fourth-order valence-electron chi connectivity index (χ4n) is 0.788. The molecule has 1 heterocycles. The standard InChI is InChI=1S/C6H13N3O.ClH/c1-2-8-6(10)9-5-3-7-4-5;/h5,7H,2-4H2,1H3,(H2,8,9,10);1H. The second-order valence-electron chi connectivity index (χ2n) is 2.36. The van der Waals surface area contributed by atoms with E-state index in [4.69, 9.17) is 0 Å². The lowest BCUT2D eigenvalue weighted by Crippen LogP contribution is -2.58. The zero-order chi connectivity index (χ0) is 7.40. The van der Waals surface area contributed by atoms with E-state index in [9.17, 15) is 4.79 Å². The molecule has 0 atom stereocenters. The number of urea groups is 1. The minimum atomic E-state index is -0.0611. The van der Waals surface area contributed by atoms with Crippen LogP contribution in [0.1, 0.15) is 6.92 Å². The van der Waals surface area contributed by atoms with Crippen LogP contribution in [0.2, 0.25) is 0 Å². The lowest BCUT2D eigenvalue weighted by Gasteiger charge is -2.27. The van der Waals surface area contributed by atoms with Crippen molar-refractivity contribution in [2.45, 2.75) is 13.0 Å². The summed E-state index contributed by atoms with van der Waals surface area (Å²) in [5.74, 6) is 0. The van der Waals surface area contributed by atoms with E-state index in [0.717, 1.165) is 13.1 Å². The van der Waals surface area contributed by atoms with E-state index in [1.54, 1.807) is 0 Å². The van der Waals surface area contributed by atoms with E-state index in [1.807, 2.05) is 6.92 Å². The van der Waals surface area contributed by atoms with Crippen molar-refractivity contribution in [3.63, 3.8) is 0 Å². The van der Waals surface area contributed by atoms with Gasteiger partial charge in [0, 0.05) is 19.6 Å². The van der Waals surface area contributed by atoms with Crippen LogP contribution in [-0.4, -0.2) is 31.7 Å². The number of hydrogen-bond donors (Lipinski definition) is 3. The largest absolute Gasteiger partial charge is 0.338 e. The maximum atomic E-state index is 10.8. The van der Waals surface area contributed by atoms with Crippen LogP contribution >= 0.6 is 12.4 Å². The van der Waals surface area contributed by atoms with Gasteiger partial charge in [-0.25, -0.2) is 4.79 Å². The number of carbonyl (C=O) groups excluding carboxylic acids is 1. The fraction of sp³-hybridized carbons (Fsp3) is 0.833. The first-order chi connectivity index (χ1) is 4.83. The van der Waals surface area contributed by atoms with Gasteiger partial charge in [-0.1, -0.05) is 0 Å². The molecule has 3 N–H and O–H groups in total. The van der Waals surface area contributed by atoms with E-state index >= 15 is 0 Å². The van der Waals surface area contributed by atoms with Crippen molar-refractivity contribution in [1.82, 2.24) is 16.0 Å². The van der Waals surface area contributed by atoms with E-state index in [0.29, 0.717) is 12.6 Å². The first-order valence-electron chi connectivity index (χ1n) is 3.58. The minimum absolute atomic E-state index is 0. The molecule has 5 heteroatoms. The molecule has 1 fully saturated rings. The van der Waals surface area contributed by atoms with Crippen molar-refractivity contribution < 1.29 is 4.79 Å². The summed E-state index contributed by atoms with van der Waals surface area (Å²) in [6.45, 7) is 4.39. The third-order valence-corrected chi connectivity index (χ3v) is 1.45. The molecule has 1 aliphatic heterocycles. The Bertz CT molecular complexity index is 127. The molecule has 1 rings (SSSR count). The number of rotatable bonds is 2. The van der Waals surface area contributed by atoms with Gasteiger partial charge in [0.25, 0.3) is 0 Å². The zero-order valence-corrected chi connectivity index (χ0v) is 7.33. The molecule has 0 saturated carbocycles. The highest BCUT2D eigenvalue weighted by atomic mass is 35.5. The van der Waals surface area contributed by atoms with Gasteiger partial charge in [0.2, 0.25) is 0 Å². The molecule has 1 saturated heterocycles. The van der Waals surface area contributed by atoms with Gasteiger partial charge < -0.3 is 16.0 Å². The van der Waals surface area contributed by atoms with Gasteiger partial charge in [-0.05, 0) is 6.92 Å². The van der Waals surface area contributed by atoms with Gasteiger partial charge in [0.15, 0.2) is 0 Å². The predicted octanol–water partition coefficient (Wildman–Crippen LogP) is -0.301. The average Bonchev–Trinajstić information content (AvgIpc) is 1.80. The molecule has 0 radical (unpaired) electrons. The maximum absolute atomic E-state index is 10.8. The van der Waals surface area contributed by atoms with Crippen LogP contribution in [0.5, 0.6) is 0 Å². The third kappa shape index (κ3) is 3.43. The Morgan fingerprint density at radius 2 is 2.27 bits per heavy atom. The molecule has 0 aromatic heterocycles. The lowest BCUT2D eigenvalue weighted by molar-refractivity contribution is 0.232. The van der Waals surface area contributed by atoms with Crippen LogP contribution in [0.25, 0.3) is 0 Å². The van der Waals surface area contributed by atoms with Gasteiger partial charge in [-0.15, -0.1) is 12.4 Å². The second kappa shape index (κ2) is 5.21. The molecular formula is C6H14ClN3O. The van der Waals surface area contributed by atoms with Crippen LogP contribution < -0.4 is 16.0 Å². The first-order valence-corrected chi connectivity index (χ1v) is 3.58. The molecule has 0 aliphatic carbocycles. The lowest BCUT2D eigenvalue weighted by atomic mass is 10.2. The number of amides is 2. The van der Waals surface area contributed by atoms with Crippen molar-refractivity contribution in [3.8, 4) is 0 Å². The Hall–Kier alpha value is -0.480. The Morgan fingerprint density at radius 3 is 2.64 bits per heavy atom. The van der Waals surface area contributed by atoms with Crippen LogP contribution in [-0.2, 0) is 0 Å². The van der Waals surface area contributed by atoms with Gasteiger partial charge in [-0.3, -0.25) is 0 Å². The van der Waals surface area contributed by atoms with Crippen molar-refractivity contribution in [2.24, 2.45) is 0 Å². The van der Waals surface area contributed by atoms with Crippen molar-refractivity contribution >= 4 is 18.4 Å². The third-order valence-electron chi connectivity index (χ3n) is 1.45. The number of nitrogens with one attached hydrogen (secondary N) is 3. The van der Waals surface area contributed by atoms with Crippen LogP contribution in [0, 0.1) is 0 Å². The van der Waals surface area contributed by atoms with Gasteiger partial charge in [-0.2, -0.15) is 0 Å². The summed E-state index contributed by atoms with van der Waals surface area (Å²) in [7, 11) is 0.